The summed E-state index contributed by atoms with van der Waals surface area (Å²) in [6.45, 7) is 10.3. The number of aromatic amines is 1. The van der Waals surface area contributed by atoms with Gasteiger partial charge in [0.15, 0.2) is 0 Å². The van der Waals surface area contributed by atoms with E-state index in [0.717, 1.165) is 33.6 Å². The quantitative estimate of drug-likeness (QED) is 0.144. The van der Waals surface area contributed by atoms with Crippen LogP contribution >= 0.6 is 0 Å². The fourth-order valence-electron chi connectivity index (χ4n) is 4.39. The Bertz CT molecular complexity index is 1470. The molecule has 3 aromatic rings. The normalized spacial score (nSPS) is 12.6. The number of H-pyrrole nitrogens is 1. The molecule has 2 heterocycles. The molecular formula is C30H36N6O4. The lowest BCUT2D eigenvalue weighted by Crippen LogP contribution is -2.31. The zero-order valence-corrected chi connectivity index (χ0v) is 23.5. The van der Waals surface area contributed by atoms with Crippen LogP contribution in [-0.2, 0) is 14.4 Å². The van der Waals surface area contributed by atoms with Gasteiger partial charge in [0.05, 0.1) is 22.5 Å². The van der Waals surface area contributed by atoms with Gasteiger partial charge in [-0.1, -0.05) is 17.7 Å². The molecule has 0 fully saturated rings. The largest absolute Gasteiger partial charge is 0.397 e. The van der Waals surface area contributed by atoms with E-state index in [1.807, 2.05) is 65.0 Å². The molecule has 210 valence electrons. The monoisotopic (exact) mass is 544 g/mol. The second-order valence-corrected chi connectivity index (χ2v) is 9.54. The minimum atomic E-state index is -0.239. The number of carbonyl (C=O) groups is 4. The number of hydrogen-bond donors (Lipinski definition) is 6. The number of aromatic nitrogens is 1. The number of benzene rings is 2. The Morgan fingerprint density at radius 2 is 1.70 bits per heavy atom. The van der Waals surface area contributed by atoms with E-state index in [9.17, 15) is 19.2 Å². The second-order valence-electron chi connectivity index (χ2n) is 9.54. The van der Waals surface area contributed by atoms with E-state index in [1.165, 1.54) is 0 Å². The highest BCUT2D eigenvalue weighted by atomic mass is 16.2. The van der Waals surface area contributed by atoms with E-state index in [4.69, 9.17) is 5.73 Å². The van der Waals surface area contributed by atoms with Crippen LogP contribution in [0.1, 0.15) is 57.3 Å². The van der Waals surface area contributed by atoms with Crippen molar-refractivity contribution in [2.45, 2.75) is 41.0 Å². The van der Waals surface area contributed by atoms with Gasteiger partial charge in [0.25, 0.3) is 11.8 Å². The van der Waals surface area contributed by atoms with Gasteiger partial charge in [-0.25, -0.2) is 0 Å². The first-order chi connectivity index (χ1) is 19.0. The number of nitrogens with two attached hydrogens (primary N) is 1. The van der Waals surface area contributed by atoms with Crippen molar-refractivity contribution in [2.75, 3.05) is 29.5 Å². The van der Waals surface area contributed by atoms with Gasteiger partial charge in [-0.05, 0) is 76.1 Å². The maximum absolute atomic E-state index is 12.6. The third-order valence-corrected chi connectivity index (χ3v) is 6.38. The number of rotatable bonds is 8. The molecule has 0 atom stereocenters. The van der Waals surface area contributed by atoms with Crippen molar-refractivity contribution in [2.24, 2.45) is 0 Å². The van der Waals surface area contributed by atoms with Crippen molar-refractivity contribution in [3.05, 3.63) is 75.6 Å². The Labute approximate surface area is 233 Å². The molecule has 2 aromatic carbocycles. The van der Waals surface area contributed by atoms with E-state index >= 15 is 0 Å². The molecule has 0 bridgehead atoms. The van der Waals surface area contributed by atoms with Crippen molar-refractivity contribution < 1.29 is 19.2 Å². The topological polar surface area (TPSA) is 158 Å². The fourth-order valence-corrected chi connectivity index (χ4v) is 4.39. The average molecular weight is 545 g/mol. The molecule has 40 heavy (non-hydrogen) atoms. The van der Waals surface area contributed by atoms with E-state index in [1.54, 1.807) is 12.1 Å². The molecule has 10 nitrogen and oxygen atoms in total. The molecule has 0 aliphatic carbocycles. The lowest BCUT2D eigenvalue weighted by molar-refractivity contribution is -0.120. The predicted molar refractivity (Wildman–Crippen MR) is 159 cm³/mol. The van der Waals surface area contributed by atoms with Crippen LogP contribution in [0.4, 0.5) is 17.1 Å². The Morgan fingerprint density at radius 1 is 1.00 bits per heavy atom. The molecule has 1 aliphatic rings. The molecule has 1 aliphatic heterocycles. The Kier molecular flexibility index (Phi) is 9.86. The third-order valence-electron chi connectivity index (χ3n) is 6.38. The van der Waals surface area contributed by atoms with Crippen LogP contribution in [0.3, 0.4) is 0 Å². The fraction of sp³-hybridized carbons (Fsp3) is 0.267. The Balaban J connectivity index is 0.000000336. The number of hydrogen-bond acceptors (Lipinski definition) is 5. The summed E-state index contributed by atoms with van der Waals surface area (Å²) < 4.78 is 0. The molecule has 1 aromatic heterocycles. The number of fused-ring (bicyclic) bond motifs is 1. The van der Waals surface area contributed by atoms with Crippen molar-refractivity contribution in [1.29, 1.82) is 0 Å². The van der Waals surface area contributed by atoms with E-state index in [-0.39, 0.29) is 30.7 Å². The Morgan fingerprint density at radius 3 is 2.38 bits per heavy atom. The molecule has 7 N–H and O–H groups in total. The second kappa shape index (κ2) is 13.3. The van der Waals surface area contributed by atoms with Crippen molar-refractivity contribution >= 4 is 52.8 Å². The average Bonchev–Trinajstić information content (AvgIpc) is 3.35. The first kappa shape index (κ1) is 29.7. The maximum Gasteiger partial charge on any atom is 0.256 e. The number of nitrogen functional groups attached to an aromatic ring is 1. The molecule has 4 amide bonds. The van der Waals surface area contributed by atoms with Gasteiger partial charge < -0.3 is 32.0 Å². The molecule has 0 spiro atoms. The smallest absolute Gasteiger partial charge is 0.256 e. The number of nitrogens with one attached hydrogen (secondary N) is 5. The first-order valence-electron chi connectivity index (χ1n) is 13.0. The molecular weight excluding hydrogens is 508 g/mol. The summed E-state index contributed by atoms with van der Waals surface area (Å²) in [6.07, 6.45) is 2.63. The van der Waals surface area contributed by atoms with Crippen LogP contribution in [0.5, 0.6) is 0 Å². The standard InChI is InChI=1S/C22H26N4O3.C8H10N2O/c1-5-23-19(27)8-9-24-22(29)20-13(3)18(25-14(20)4)11-16-15-10-12(2)6-7-17(15)26-21(16)28;1-6-2-3-8(10-5-11)7(9)4-6/h6-7,10-11,25H,5,8-9H2,1-4H3,(H,23,27)(H,24,29)(H,26,28);2-5H,9H2,1H3,(H,10,11)/b16-11-;. The van der Waals surface area contributed by atoms with Crippen LogP contribution in [0, 0.1) is 27.7 Å². The lowest BCUT2D eigenvalue weighted by Gasteiger charge is -2.06. The van der Waals surface area contributed by atoms with E-state index < -0.39 is 0 Å². The zero-order valence-electron chi connectivity index (χ0n) is 23.5. The molecule has 4 rings (SSSR count). The summed E-state index contributed by atoms with van der Waals surface area (Å²) in [5, 5.41) is 10.9. The summed E-state index contributed by atoms with van der Waals surface area (Å²) in [4.78, 5) is 49.8. The van der Waals surface area contributed by atoms with Crippen LogP contribution in [0.15, 0.2) is 36.4 Å². The molecule has 0 unspecified atom stereocenters. The van der Waals surface area contributed by atoms with Gasteiger partial charge >= 0.3 is 0 Å². The van der Waals surface area contributed by atoms with Crippen molar-refractivity contribution in [3.63, 3.8) is 0 Å². The lowest BCUT2D eigenvalue weighted by atomic mass is 10.0. The molecule has 10 heteroatoms. The minimum Gasteiger partial charge on any atom is -0.397 e. The van der Waals surface area contributed by atoms with Gasteiger partial charge in [-0.3, -0.25) is 19.2 Å². The van der Waals surface area contributed by atoms with Gasteiger partial charge in [0, 0.05) is 42.1 Å². The van der Waals surface area contributed by atoms with Gasteiger partial charge in [0.1, 0.15) is 0 Å². The van der Waals surface area contributed by atoms with E-state index in [0.29, 0.717) is 41.2 Å². The van der Waals surface area contributed by atoms with Crippen LogP contribution in [0.2, 0.25) is 0 Å². The number of amides is 4. The van der Waals surface area contributed by atoms with Crippen LogP contribution < -0.4 is 27.0 Å². The third kappa shape index (κ3) is 7.16. The maximum atomic E-state index is 12.6. The first-order valence-corrected chi connectivity index (χ1v) is 13.0. The van der Waals surface area contributed by atoms with Crippen LogP contribution in [0.25, 0.3) is 11.6 Å². The summed E-state index contributed by atoms with van der Waals surface area (Å²) in [7, 11) is 0. The minimum absolute atomic E-state index is 0.0954. The summed E-state index contributed by atoms with van der Waals surface area (Å²) in [6, 6.07) is 11.3. The van der Waals surface area contributed by atoms with Gasteiger partial charge in [0.2, 0.25) is 12.3 Å². The highest BCUT2D eigenvalue weighted by molar-refractivity contribution is 6.35. The van der Waals surface area contributed by atoms with Crippen molar-refractivity contribution in [1.82, 2.24) is 15.6 Å². The Hall–Kier alpha value is -4.86. The summed E-state index contributed by atoms with van der Waals surface area (Å²) in [5.41, 5.74) is 13.9. The van der Waals surface area contributed by atoms with Crippen molar-refractivity contribution in [3.8, 4) is 0 Å². The number of aryl methyl sites for hydroxylation is 3. The SMILES string of the molecule is CCNC(=O)CCNC(=O)c1c(C)[nH]c(/C=C2\C(=O)Nc3ccc(C)cc32)c1C.Cc1ccc(NC=O)c(N)c1. The molecule has 0 radical (unpaired) electrons. The molecule has 0 saturated heterocycles. The van der Waals surface area contributed by atoms with Crippen LogP contribution in [-0.4, -0.2) is 42.2 Å². The van der Waals surface area contributed by atoms with Gasteiger partial charge in [-0.15, -0.1) is 0 Å². The summed E-state index contributed by atoms with van der Waals surface area (Å²) >= 11 is 0. The molecule has 0 saturated carbocycles. The highest BCUT2D eigenvalue weighted by Gasteiger charge is 2.25. The summed E-state index contributed by atoms with van der Waals surface area (Å²) in [5.74, 6) is -0.496. The predicted octanol–water partition coefficient (Wildman–Crippen LogP) is 3.83. The number of anilines is 3. The highest BCUT2D eigenvalue weighted by Crippen LogP contribution is 2.34. The van der Waals surface area contributed by atoms with Gasteiger partial charge in [-0.2, -0.15) is 0 Å². The van der Waals surface area contributed by atoms with E-state index in [2.05, 4.69) is 26.3 Å². The zero-order chi connectivity index (χ0) is 29.4. The number of carbonyl (C=O) groups excluding carboxylic acids is 4.